The van der Waals surface area contributed by atoms with Gasteiger partial charge in [-0.25, -0.2) is 0 Å². The van der Waals surface area contributed by atoms with Crippen LogP contribution in [-0.4, -0.2) is 6.54 Å². The summed E-state index contributed by atoms with van der Waals surface area (Å²) in [5.41, 5.74) is 0. The smallest absolute Gasteiger partial charge is 0.0669 e. The lowest BCUT2D eigenvalue weighted by molar-refractivity contribution is 0.555. The maximum absolute atomic E-state index is 8.70. The molecule has 0 radical (unpaired) electrons. The first-order valence-electron chi connectivity index (χ1n) is 4.49. The molecule has 0 aliphatic heterocycles. The van der Waals surface area contributed by atoms with Gasteiger partial charge in [-0.2, -0.15) is 5.26 Å². The van der Waals surface area contributed by atoms with Crippen molar-refractivity contribution in [2.24, 2.45) is 5.92 Å². The van der Waals surface area contributed by atoms with Gasteiger partial charge in [0.15, 0.2) is 0 Å². The topological polar surface area (TPSA) is 35.8 Å². The van der Waals surface area contributed by atoms with Gasteiger partial charge in [0, 0.05) is 18.0 Å². The van der Waals surface area contributed by atoms with Gasteiger partial charge < -0.3 is 5.32 Å². The Kier molecular flexibility index (Phi) is 4.52. The van der Waals surface area contributed by atoms with Crippen LogP contribution < -0.4 is 5.32 Å². The number of rotatable bonds is 5. The second-order valence-corrected chi connectivity index (χ2v) is 3.98. The maximum atomic E-state index is 8.70. The van der Waals surface area contributed by atoms with Gasteiger partial charge in [-0.1, -0.05) is 13.0 Å². The van der Waals surface area contributed by atoms with Gasteiger partial charge in [0.25, 0.3) is 0 Å². The second-order valence-electron chi connectivity index (χ2n) is 2.94. The fourth-order valence-corrected chi connectivity index (χ4v) is 1.74. The third kappa shape index (κ3) is 3.58. The number of hydrogen-bond acceptors (Lipinski definition) is 3. The number of nitrogens with one attached hydrogen (secondary N) is 1. The summed E-state index contributed by atoms with van der Waals surface area (Å²) in [5.74, 6) is 0.153. The van der Waals surface area contributed by atoms with E-state index in [4.69, 9.17) is 5.26 Å². The van der Waals surface area contributed by atoms with Crippen LogP contribution in [0.5, 0.6) is 0 Å². The van der Waals surface area contributed by atoms with Crippen LogP contribution in [0.3, 0.4) is 0 Å². The van der Waals surface area contributed by atoms with E-state index in [2.05, 4.69) is 22.8 Å². The first-order chi connectivity index (χ1) is 6.36. The van der Waals surface area contributed by atoms with Crippen molar-refractivity contribution in [1.82, 2.24) is 5.32 Å². The number of thiophene rings is 1. The van der Waals surface area contributed by atoms with Crippen molar-refractivity contribution in [3.8, 4) is 6.07 Å². The maximum Gasteiger partial charge on any atom is 0.0669 e. The van der Waals surface area contributed by atoms with Crippen molar-refractivity contribution in [3.63, 3.8) is 0 Å². The highest BCUT2D eigenvalue weighted by molar-refractivity contribution is 7.09. The van der Waals surface area contributed by atoms with Crippen molar-refractivity contribution in [1.29, 1.82) is 5.26 Å². The van der Waals surface area contributed by atoms with Gasteiger partial charge >= 0.3 is 0 Å². The Morgan fingerprint density at radius 3 is 3.08 bits per heavy atom. The van der Waals surface area contributed by atoms with Crippen LogP contribution in [0.15, 0.2) is 17.5 Å². The first kappa shape index (κ1) is 10.2. The van der Waals surface area contributed by atoms with Crippen LogP contribution in [0.25, 0.3) is 0 Å². The van der Waals surface area contributed by atoms with Crippen molar-refractivity contribution in [3.05, 3.63) is 22.4 Å². The Morgan fingerprint density at radius 1 is 1.69 bits per heavy atom. The summed E-state index contributed by atoms with van der Waals surface area (Å²) < 4.78 is 0. The normalized spacial score (nSPS) is 12.3. The monoisotopic (exact) mass is 194 g/mol. The number of hydrogen-bond donors (Lipinski definition) is 1. The van der Waals surface area contributed by atoms with E-state index in [1.165, 1.54) is 4.88 Å². The van der Waals surface area contributed by atoms with E-state index in [-0.39, 0.29) is 5.92 Å². The molecule has 13 heavy (non-hydrogen) atoms. The summed E-state index contributed by atoms with van der Waals surface area (Å²) >= 11 is 1.74. The SMILES string of the molecule is CCC(C#N)CNCc1cccs1. The zero-order chi connectivity index (χ0) is 9.52. The molecule has 0 fully saturated rings. The molecule has 70 valence electrons. The van der Waals surface area contributed by atoms with Crippen LogP contribution in [0.2, 0.25) is 0 Å². The molecule has 1 atom stereocenters. The number of nitrogens with zero attached hydrogens (tertiary/aromatic N) is 1. The minimum Gasteiger partial charge on any atom is -0.311 e. The zero-order valence-electron chi connectivity index (χ0n) is 7.79. The minimum absolute atomic E-state index is 0.153. The molecule has 0 aromatic carbocycles. The van der Waals surface area contributed by atoms with Gasteiger partial charge in [0.05, 0.1) is 12.0 Å². The molecule has 0 bridgehead atoms. The molecule has 1 unspecified atom stereocenters. The summed E-state index contributed by atoms with van der Waals surface area (Å²) in [6.45, 7) is 3.72. The average molecular weight is 194 g/mol. The highest BCUT2D eigenvalue weighted by Gasteiger charge is 2.02. The summed E-state index contributed by atoms with van der Waals surface area (Å²) in [5, 5.41) is 14.0. The predicted molar refractivity (Wildman–Crippen MR) is 55.4 cm³/mol. The molecule has 3 heteroatoms. The summed E-state index contributed by atoms with van der Waals surface area (Å²) in [4.78, 5) is 1.33. The molecule has 0 saturated heterocycles. The van der Waals surface area contributed by atoms with Crippen LogP contribution in [-0.2, 0) is 6.54 Å². The van der Waals surface area contributed by atoms with Crippen molar-refractivity contribution >= 4 is 11.3 Å². The highest BCUT2D eigenvalue weighted by Crippen LogP contribution is 2.07. The van der Waals surface area contributed by atoms with E-state index < -0.39 is 0 Å². The summed E-state index contributed by atoms with van der Waals surface area (Å²) in [7, 11) is 0. The summed E-state index contributed by atoms with van der Waals surface area (Å²) in [6.07, 6.45) is 0.925. The molecule has 0 saturated carbocycles. The molecule has 0 spiro atoms. The van der Waals surface area contributed by atoms with E-state index >= 15 is 0 Å². The van der Waals surface area contributed by atoms with E-state index in [1.54, 1.807) is 11.3 Å². The predicted octanol–water partition coefficient (Wildman–Crippen LogP) is 2.39. The van der Waals surface area contributed by atoms with Crippen molar-refractivity contribution in [2.75, 3.05) is 6.54 Å². The highest BCUT2D eigenvalue weighted by atomic mass is 32.1. The largest absolute Gasteiger partial charge is 0.311 e. The average Bonchev–Trinajstić information content (AvgIpc) is 2.65. The molecule has 1 aromatic rings. The van der Waals surface area contributed by atoms with E-state index in [0.717, 1.165) is 19.5 Å². The molecule has 1 N–H and O–H groups in total. The zero-order valence-corrected chi connectivity index (χ0v) is 8.60. The van der Waals surface area contributed by atoms with Gasteiger partial charge in [-0.05, 0) is 17.9 Å². The molecule has 1 aromatic heterocycles. The third-order valence-electron chi connectivity index (χ3n) is 1.95. The van der Waals surface area contributed by atoms with Crippen LogP contribution in [0.1, 0.15) is 18.2 Å². The Bertz CT molecular complexity index is 261. The van der Waals surface area contributed by atoms with Gasteiger partial charge in [0.2, 0.25) is 0 Å². The molecule has 1 rings (SSSR count). The third-order valence-corrected chi connectivity index (χ3v) is 2.82. The molecule has 0 aliphatic rings. The second kappa shape index (κ2) is 5.74. The molecule has 2 nitrogen and oxygen atoms in total. The molecular formula is C10H14N2S. The van der Waals surface area contributed by atoms with E-state index in [1.807, 2.05) is 13.0 Å². The quantitative estimate of drug-likeness (QED) is 0.781. The molecular weight excluding hydrogens is 180 g/mol. The Hall–Kier alpha value is -0.850. The van der Waals surface area contributed by atoms with Crippen LogP contribution in [0, 0.1) is 17.2 Å². The Morgan fingerprint density at radius 2 is 2.54 bits per heavy atom. The van der Waals surface area contributed by atoms with Gasteiger partial charge in [-0.3, -0.25) is 0 Å². The van der Waals surface area contributed by atoms with Crippen LogP contribution in [0.4, 0.5) is 0 Å². The first-order valence-corrected chi connectivity index (χ1v) is 5.37. The molecule has 0 amide bonds. The van der Waals surface area contributed by atoms with Crippen molar-refractivity contribution in [2.45, 2.75) is 19.9 Å². The molecule has 1 heterocycles. The lowest BCUT2D eigenvalue weighted by Gasteiger charge is -2.06. The van der Waals surface area contributed by atoms with Gasteiger partial charge in [0.1, 0.15) is 0 Å². The fourth-order valence-electron chi connectivity index (χ4n) is 1.06. The Balaban J connectivity index is 2.18. The standard InChI is InChI=1S/C10H14N2S/c1-2-9(6-11)7-12-8-10-4-3-5-13-10/h3-5,9,12H,2,7-8H2,1H3. The molecule has 0 aliphatic carbocycles. The summed E-state index contributed by atoms with van der Waals surface area (Å²) in [6, 6.07) is 6.42. The Labute approximate surface area is 83.2 Å². The lowest BCUT2D eigenvalue weighted by Crippen LogP contribution is -2.20. The number of nitriles is 1. The fraction of sp³-hybridized carbons (Fsp3) is 0.500. The lowest BCUT2D eigenvalue weighted by atomic mass is 10.1. The van der Waals surface area contributed by atoms with Crippen molar-refractivity contribution < 1.29 is 0 Å². The van der Waals surface area contributed by atoms with Crippen LogP contribution >= 0.6 is 11.3 Å². The van der Waals surface area contributed by atoms with E-state index in [0.29, 0.717) is 0 Å². The van der Waals surface area contributed by atoms with E-state index in [9.17, 15) is 0 Å². The minimum atomic E-state index is 0.153. The van der Waals surface area contributed by atoms with Gasteiger partial charge in [-0.15, -0.1) is 11.3 Å².